The minimum atomic E-state index is -0.187. The summed E-state index contributed by atoms with van der Waals surface area (Å²) in [5, 5.41) is 11.5. The van der Waals surface area contributed by atoms with E-state index in [1.807, 2.05) is 7.05 Å². The highest BCUT2D eigenvalue weighted by Crippen LogP contribution is 2.27. The molecule has 0 spiro atoms. The maximum atomic E-state index is 12.4. The SMILES string of the molecule is Cn1cc(Nc2c(Cl)cnn(CC3CCC3)c2=O)cn1. The summed E-state index contributed by atoms with van der Waals surface area (Å²) in [6, 6.07) is 0. The highest BCUT2D eigenvalue weighted by molar-refractivity contribution is 6.33. The fraction of sp³-hybridized carbons (Fsp3) is 0.462. The minimum absolute atomic E-state index is 0.187. The molecule has 0 atom stereocenters. The molecule has 0 aromatic carbocycles. The molecule has 0 saturated heterocycles. The summed E-state index contributed by atoms with van der Waals surface area (Å²) in [7, 11) is 1.81. The van der Waals surface area contributed by atoms with Gasteiger partial charge in [-0.1, -0.05) is 18.0 Å². The summed E-state index contributed by atoms with van der Waals surface area (Å²) in [5.41, 5.74) is 0.898. The lowest BCUT2D eigenvalue weighted by molar-refractivity contribution is 0.262. The van der Waals surface area contributed by atoms with Crippen molar-refractivity contribution in [2.45, 2.75) is 25.8 Å². The number of hydrogen-bond acceptors (Lipinski definition) is 4. The summed E-state index contributed by atoms with van der Waals surface area (Å²) in [5.74, 6) is 0.563. The van der Waals surface area contributed by atoms with Gasteiger partial charge in [-0.05, 0) is 18.8 Å². The maximum absolute atomic E-state index is 12.4. The lowest BCUT2D eigenvalue weighted by Gasteiger charge is -2.25. The molecule has 0 amide bonds. The van der Waals surface area contributed by atoms with E-state index in [1.54, 1.807) is 17.1 Å². The van der Waals surface area contributed by atoms with Crippen LogP contribution in [0.25, 0.3) is 0 Å². The minimum Gasteiger partial charge on any atom is -0.347 e. The van der Waals surface area contributed by atoms with Crippen LogP contribution in [-0.4, -0.2) is 19.6 Å². The average Bonchev–Trinajstić information content (AvgIpc) is 2.77. The number of aromatic nitrogens is 4. The normalized spacial score (nSPS) is 15.1. The van der Waals surface area contributed by atoms with Crippen molar-refractivity contribution in [2.75, 3.05) is 5.32 Å². The molecule has 3 rings (SSSR count). The molecule has 0 radical (unpaired) electrons. The van der Waals surface area contributed by atoms with Crippen LogP contribution in [0.2, 0.25) is 5.02 Å². The van der Waals surface area contributed by atoms with E-state index in [2.05, 4.69) is 15.5 Å². The second-order valence-electron chi connectivity index (χ2n) is 5.18. The second-order valence-corrected chi connectivity index (χ2v) is 5.59. The zero-order chi connectivity index (χ0) is 14.1. The molecule has 1 aliphatic carbocycles. The van der Waals surface area contributed by atoms with Crippen LogP contribution in [0.1, 0.15) is 19.3 Å². The number of nitrogens with one attached hydrogen (secondary N) is 1. The molecule has 1 aliphatic rings. The van der Waals surface area contributed by atoms with Gasteiger partial charge in [0.05, 0.1) is 23.1 Å². The fourth-order valence-electron chi connectivity index (χ4n) is 2.26. The molecule has 6 nitrogen and oxygen atoms in total. The van der Waals surface area contributed by atoms with Crippen LogP contribution in [-0.2, 0) is 13.6 Å². The zero-order valence-electron chi connectivity index (χ0n) is 11.2. The molecular weight excluding hydrogens is 278 g/mol. The Hall–Kier alpha value is -1.82. The first-order valence-corrected chi connectivity index (χ1v) is 7.02. The number of nitrogens with zero attached hydrogens (tertiary/aromatic N) is 4. The van der Waals surface area contributed by atoms with Gasteiger partial charge in [0.1, 0.15) is 5.69 Å². The predicted molar refractivity (Wildman–Crippen MR) is 77.3 cm³/mol. The summed E-state index contributed by atoms with van der Waals surface area (Å²) < 4.78 is 3.15. The van der Waals surface area contributed by atoms with Gasteiger partial charge in [0.15, 0.2) is 0 Å². The van der Waals surface area contributed by atoms with Gasteiger partial charge in [0.2, 0.25) is 0 Å². The van der Waals surface area contributed by atoms with Gasteiger partial charge >= 0.3 is 0 Å². The van der Waals surface area contributed by atoms with Gasteiger partial charge in [-0.2, -0.15) is 10.2 Å². The van der Waals surface area contributed by atoms with Crippen LogP contribution < -0.4 is 10.9 Å². The Bertz CT molecular complexity index is 674. The monoisotopic (exact) mass is 293 g/mol. The Kier molecular flexibility index (Phi) is 3.48. The molecular formula is C13H16ClN5O. The second kappa shape index (κ2) is 5.28. The Labute approximate surface area is 121 Å². The third kappa shape index (κ3) is 2.56. The summed E-state index contributed by atoms with van der Waals surface area (Å²) in [4.78, 5) is 12.4. The molecule has 106 valence electrons. The van der Waals surface area contributed by atoms with Gasteiger partial charge in [0.25, 0.3) is 5.56 Å². The first-order valence-electron chi connectivity index (χ1n) is 6.65. The van der Waals surface area contributed by atoms with Crippen molar-refractivity contribution < 1.29 is 0 Å². The zero-order valence-corrected chi connectivity index (χ0v) is 12.0. The fourth-order valence-corrected chi connectivity index (χ4v) is 2.43. The Morgan fingerprint density at radius 3 is 2.80 bits per heavy atom. The molecule has 1 saturated carbocycles. The van der Waals surface area contributed by atoms with Crippen molar-refractivity contribution in [3.8, 4) is 0 Å². The largest absolute Gasteiger partial charge is 0.347 e. The summed E-state index contributed by atoms with van der Waals surface area (Å²) >= 11 is 6.08. The highest BCUT2D eigenvalue weighted by atomic mass is 35.5. The van der Waals surface area contributed by atoms with E-state index in [1.165, 1.54) is 30.1 Å². The summed E-state index contributed by atoms with van der Waals surface area (Å²) in [6.07, 6.45) is 8.53. The van der Waals surface area contributed by atoms with Gasteiger partial charge in [0, 0.05) is 19.8 Å². The number of aryl methyl sites for hydroxylation is 1. The number of hydrogen-bond donors (Lipinski definition) is 1. The van der Waals surface area contributed by atoms with Crippen LogP contribution in [0.3, 0.4) is 0 Å². The van der Waals surface area contributed by atoms with Crippen LogP contribution in [0.4, 0.5) is 11.4 Å². The molecule has 0 bridgehead atoms. The number of anilines is 2. The average molecular weight is 294 g/mol. The Balaban J connectivity index is 1.88. The molecule has 0 unspecified atom stereocenters. The quantitative estimate of drug-likeness (QED) is 0.938. The molecule has 2 aromatic rings. The van der Waals surface area contributed by atoms with Crippen LogP contribution in [0.15, 0.2) is 23.4 Å². The van der Waals surface area contributed by atoms with E-state index in [0.29, 0.717) is 23.2 Å². The van der Waals surface area contributed by atoms with E-state index in [0.717, 1.165) is 5.69 Å². The van der Waals surface area contributed by atoms with Crippen LogP contribution >= 0.6 is 11.6 Å². The Morgan fingerprint density at radius 1 is 1.40 bits per heavy atom. The van der Waals surface area contributed by atoms with Gasteiger partial charge in [-0.15, -0.1) is 0 Å². The van der Waals surface area contributed by atoms with Crippen molar-refractivity contribution in [3.05, 3.63) is 34.0 Å². The van der Waals surface area contributed by atoms with Crippen molar-refractivity contribution in [3.63, 3.8) is 0 Å². The van der Waals surface area contributed by atoms with Crippen molar-refractivity contribution in [2.24, 2.45) is 13.0 Å². The molecule has 2 heterocycles. The smallest absolute Gasteiger partial charge is 0.291 e. The lowest BCUT2D eigenvalue weighted by Crippen LogP contribution is -2.30. The third-order valence-corrected chi connectivity index (χ3v) is 3.91. The predicted octanol–water partition coefficient (Wildman–Crippen LogP) is 2.17. The maximum Gasteiger partial charge on any atom is 0.291 e. The summed E-state index contributed by atoms with van der Waals surface area (Å²) in [6.45, 7) is 0.664. The van der Waals surface area contributed by atoms with Gasteiger partial charge in [-0.25, -0.2) is 4.68 Å². The van der Waals surface area contributed by atoms with E-state index in [-0.39, 0.29) is 5.56 Å². The molecule has 7 heteroatoms. The molecule has 2 aromatic heterocycles. The number of halogens is 1. The topological polar surface area (TPSA) is 64.7 Å². The first-order chi connectivity index (χ1) is 9.63. The number of rotatable bonds is 4. The lowest BCUT2D eigenvalue weighted by atomic mass is 9.85. The molecule has 0 aliphatic heterocycles. The van der Waals surface area contributed by atoms with Gasteiger partial charge in [-0.3, -0.25) is 9.48 Å². The third-order valence-electron chi connectivity index (χ3n) is 3.63. The van der Waals surface area contributed by atoms with E-state index < -0.39 is 0 Å². The Morgan fingerprint density at radius 2 is 2.20 bits per heavy atom. The van der Waals surface area contributed by atoms with E-state index in [4.69, 9.17) is 11.6 Å². The van der Waals surface area contributed by atoms with Gasteiger partial charge < -0.3 is 5.32 Å². The van der Waals surface area contributed by atoms with Crippen LogP contribution in [0.5, 0.6) is 0 Å². The van der Waals surface area contributed by atoms with E-state index in [9.17, 15) is 4.79 Å². The van der Waals surface area contributed by atoms with Crippen LogP contribution in [0, 0.1) is 5.92 Å². The van der Waals surface area contributed by atoms with E-state index >= 15 is 0 Å². The standard InChI is InChI=1S/C13H16ClN5O/c1-18-8-10(5-15-18)17-12-11(14)6-16-19(13(12)20)7-9-3-2-4-9/h5-6,8-9,17H,2-4,7H2,1H3. The van der Waals surface area contributed by atoms with Crippen molar-refractivity contribution >= 4 is 23.0 Å². The molecule has 1 N–H and O–H groups in total. The highest BCUT2D eigenvalue weighted by Gasteiger charge is 2.20. The molecule has 1 fully saturated rings. The molecule has 20 heavy (non-hydrogen) atoms. The van der Waals surface area contributed by atoms with Crippen molar-refractivity contribution in [1.82, 2.24) is 19.6 Å². The first kappa shape index (κ1) is 13.2. The van der Waals surface area contributed by atoms with Crippen molar-refractivity contribution in [1.29, 1.82) is 0 Å².